The molecular formula is C36H32Cl2N4O4. The van der Waals surface area contributed by atoms with Crippen LogP contribution in [-0.4, -0.2) is 56.8 Å². The van der Waals surface area contributed by atoms with Gasteiger partial charge in [0.25, 0.3) is 11.8 Å². The van der Waals surface area contributed by atoms with Gasteiger partial charge in [-0.25, -0.2) is 0 Å². The summed E-state index contributed by atoms with van der Waals surface area (Å²) in [5.74, 6) is 0.432. The second-order valence-electron chi connectivity index (χ2n) is 12.0. The number of phenols is 2. The maximum absolute atomic E-state index is 13.3. The summed E-state index contributed by atoms with van der Waals surface area (Å²) in [7, 11) is 0. The van der Waals surface area contributed by atoms with E-state index in [2.05, 4.69) is 9.97 Å². The number of carbonyl (C=O) groups excluding carboxylic acids is 2. The van der Waals surface area contributed by atoms with Crippen LogP contribution in [0.4, 0.5) is 11.4 Å². The number of aromatic amines is 2. The van der Waals surface area contributed by atoms with E-state index in [0.717, 1.165) is 44.2 Å². The third kappa shape index (κ3) is 4.84. The zero-order valence-corrected chi connectivity index (χ0v) is 26.8. The summed E-state index contributed by atoms with van der Waals surface area (Å²) in [5.41, 5.74) is 8.27. The molecule has 0 saturated heterocycles. The van der Waals surface area contributed by atoms with Crippen molar-refractivity contribution in [3.05, 3.63) is 94.3 Å². The van der Waals surface area contributed by atoms with Crippen molar-refractivity contribution in [2.24, 2.45) is 0 Å². The molecule has 2 amide bonds. The first-order valence-corrected chi connectivity index (χ1v) is 16.1. The molecule has 0 radical (unpaired) electrons. The maximum Gasteiger partial charge on any atom is 0.251 e. The lowest BCUT2D eigenvalue weighted by atomic mass is 9.97. The Bertz CT molecular complexity index is 1940. The van der Waals surface area contributed by atoms with Crippen molar-refractivity contribution in [2.75, 3.05) is 34.6 Å². The molecule has 0 bridgehead atoms. The number of rotatable bonds is 6. The highest BCUT2D eigenvalue weighted by Gasteiger charge is 2.36. The molecule has 7 rings (SSSR count). The van der Waals surface area contributed by atoms with Gasteiger partial charge in [-0.15, -0.1) is 23.2 Å². The van der Waals surface area contributed by atoms with Crippen molar-refractivity contribution < 1.29 is 19.8 Å². The van der Waals surface area contributed by atoms with Crippen LogP contribution >= 0.6 is 23.2 Å². The van der Waals surface area contributed by atoms with Gasteiger partial charge >= 0.3 is 0 Å². The molecule has 4 N–H and O–H groups in total. The normalized spacial score (nSPS) is 17.7. The summed E-state index contributed by atoms with van der Waals surface area (Å²) in [6, 6.07) is 10.8. The van der Waals surface area contributed by atoms with E-state index in [0.29, 0.717) is 47.3 Å². The van der Waals surface area contributed by atoms with Crippen molar-refractivity contribution in [1.82, 2.24) is 9.97 Å². The number of benzene rings is 3. The summed E-state index contributed by atoms with van der Waals surface area (Å²) in [6.07, 6.45) is 10.2. The number of nitrogens with one attached hydrogen (secondary N) is 2. The number of anilines is 2. The molecule has 3 aromatic carbocycles. The SMILES string of the molecule is Cc1c[nH]c2c(O)cc3c(c12)[C@H](CCl)CN3C(=O)C=Cc1ccc(C=CC(=O)N2C[C@@H](CCl)c3c2cc(O)c2[nH]cc(C)c32)cc1. The zero-order chi connectivity index (χ0) is 32.3. The molecule has 0 spiro atoms. The van der Waals surface area contributed by atoms with Crippen LogP contribution in [0.5, 0.6) is 11.5 Å². The molecule has 5 aromatic rings. The molecule has 8 nitrogen and oxygen atoms in total. The number of H-pyrrole nitrogens is 2. The first-order valence-electron chi connectivity index (χ1n) is 15.1. The molecule has 2 aromatic heterocycles. The van der Waals surface area contributed by atoms with Gasteiger partial charge in [-0.1, -0.05) is 24.3 Å². The average Bonchev–Trinajstić information content (AvgIpc) is 3.82. The Labute approximate surface area is 275 Å². The van der Waals surface area contributed by atoms with Crippen molar-refractivity contribution in [1.29, 1.82) is 0 Å². The Hall–Kier alpha value is -4.66. The van der Waals surface area contributed by atoms with Crippen LogP contribution in [-0.2, 0) is 9.59 Å². The minimum Gasteiger partial charge on any atom is -0.506 e. The number of alkyl halides is 2. The first kappa shape index (κ1) is 30.0. The van der Waals surface area contributed by atoms with Gasteiger partial charge in [0.1, 0.15) is 11.5 Å². The van der Waals surface area contributed by atoms with Gasteiger partial charge in [0.2, 0.25) is 0 Å². The molecule has 10 heteroatoms. The van der Waals surface area contributed by atoms with Crippen LogP contribution in [0, 0.1) is 13.8 Å². The number of amides is 2. The van der Waals surface area contributed by atoms with Crippen molar-refractivity contribution in [3.63, 3.8) is 0 Å². The monoisotopic (exact) mass is 654 g/mol. The number of nitrogens with zero attached hydrogens (tertiary/aromatic N) is 2. The van der Waals surface area contributed by atoms with E-state index in [1.54, 1.807) is 34.1 Å². The van der Waals surface area contributed by atoms with E-state index < -0.39 is 0 Å². The highest BCUT2D eigenvalue weighted by atomic mass is 35.5. The van der Waals surface area contributed by atoms with Crippen LogP contribution in [0.15, 0.2) is 60.9 Å². The molecule has 0 saturated carbocycles. The second kappa shape index (κ2) is 11.6. The number of carbonyl (C=O) groups is 2. The quantitative estimate of drug-likeness (QED) is 0.113. The van der Waals surface area contributed by atoms with E-state index >= 15 is 0 Å². The summed E-state index contributed by atoms with van der Waals surface area (Å²) in [6.45, 7) is 4.81. The Balaban J connectivity index is 1.07. The molecule has 2 aliphatic rings. The maximum atomic E-state index is 13.3. The molecule has 0 unspecified atom stereocenters. The Kier molecular flexibility index (Phi) is 7.57. The number of hydrogen-bond donors (Lipinski definition) is 4. The van der Waals surface area contributed by atoms with Gasteiger partial charge in [-0.2, -0.15) is 0 Å². The third-order valence-electron chi connectivity index (χ3n) is 9.19. The van der Waals surface area contributed by atoms with Crippen LogP contribution in [0.2, 0.25) is 0 Å². The number of fused-ring (bicyclic) bond motifs is 6. The summed E-state index contributed by atoms with van der Waals surface area (Å²) < 4.78 is 0. The fraction of sp³-hybridized carbons (Fsp3) is 0.222. The lowest BCUT2D eigenvalue weighted by molar-refractivity contribution is -0.114. The van der Waals surface area contributed by atoms with Gasteiger partial charge in [-0.3, -0.25) is 9.59 Å². The average molecular weight is 656 g/mol. The van der Waals surface area contributed by atoms with Crippen molar-refractivity contribution >= 4 is 80.3 Å². The van der Waals surface area contributed by atoms with Crippen LogP contribution in [0.25, 0.3) is 34.0 Å². The van der Waals surface area contributed by atoms with E-state index in [1.807, 2.05) is 50.5 Å². The van der Waals surface area contributed by atoms with Crippen LogP contribution < -0.4 is 9.80 Å². The molecule has 2 aliphatic heterocycles. The number of hydrogen-bond acceptors (Lipinski definition) is 4. The minimum atomic E-state index is -0.199. The first-order chi connectivity index (χ1) is 22.2. The zero-order valence-electron chi connectivity index (χ0n) is 25.3. The van der Waals surface area contributed by atoms with Crippen LogP contribution in [0.1, 0.15) is 45.2 Å². The smallest absolute Gasteiger partial charge is 0.251 e. The number of phenolic OH excluding ortho intramolecular Hbond substituents is 2. The standard InChI is InChI=1S/C36H32Cl2N4O4/c1-19-15-39-35-27(43)11-25-33(31(19)35)23(13-37)17-41(25)29(45)9-7-21-3-5-22(6-4-21)8-10-30(46)42-18-24(14-38)34-26(42)12-28(44)36-32(34)20(2)16-40-36/h3-12,15-16,23-24,39-40,43-44H,13-14,17-18H2,1-2H3/t23-,24-/m1/s1. The molecule has 0 aliphatic carbocycles. The number of aromatic hydroxyl groups is 2. The van der Waals surface area contributed by atoms with Gasteiger partial charge in [0.15, 0.2) is 0 Å². The second-order valence-corrected chi connectivity index (χ2v) is 12.7. The fourth-order valence-electron chi connectivity index (χ4n) is 6.95. The van der Waals surface area contributed by atoms with Crippen molar-refractivity contribution in [3.8, 4) is 11.5 Å². The van der Waals surface area contributed by atoms with E-state index in [-0.39, 0.29) is 35.1 Å². The Morgan fingerprint density at radius 2 is 1.15 bits per heavy atom. The predicted octanol–water partition coefficient (Wildman–Crippen LogP) is 7.44. The third-order valence-corrected chi connectivity index (χ3v) is 9.93. The highest BCUT2D eigenvalue weighted by Crippen LogP contribution is 2.47. The highest BCUT2D eigenvalue weighted by molar-refractivity contribution is 6.20. The van der Waals surface area contributed by atoms with Gasteiger partial charge in [-0.05, 0) is 59.4 Å². The summed E-state index contributed by atoms with van der Waals surface area (Å²) in [5, 5.41) is 23.1. The number of aromatic nitrogens is 2. The minimum absolute atomic E-state index is 0.0419. The predicted molar refractivity (Wildman–Crippen MR) is 186 cm³/mol. The van der Waals surface area contributed by atoms with Gasteiger partial charge in [0, 0.05) is 84.1 Å². The Morgan fingerprint density at radius 3 is 1.52 bits per heavy atom. The molecular weight excluding hydrogens is 623 g/mol. The molecule has 0 fully saturated rings. The fourth-order valence-corrected chi connectivity index (χ4v) is 7.46. The molecule has 234 valence electrons. The van der Waals surface area contributed by atoms with E-state index in [4.69, 9.17) is 23.2 Å². The van der Waals surface area contributed by atoms with E-state index in [1.165, 1.54) is 12.2 Å². The lowest BCUT2D eigenvalue weighted by Gasteiger charge is -2.16. The van der Waals surface area contributed by atoms with Gasteiger partial charge < -0.3 is 30.0 Å². The van der Waals surface area contributed by atoms with E-state index in [9.17, 15) is 19.8 Å². The summed E-state index contributed by atoms with van der Waals surface area (Å²) in [4.78, 5) is 36.3. The molecule has 4 heterocycles. The van der Waals surface area contributed by atoms with Crippen molar-refractivity contribution in [2.45, 2.75) is 25.7 Å². The summed E-state index contributed by atoms with van der Waals surface area (Å²) >= 11 is 12.6. The molecule has 2 atom stereocenters. The molecule has 46 heavy (non-hydrogen) atoms. The lowest BCUT2D eigenvalue weighted by Crippen LogP contribution is -2.28. The Morgan fingerprint density at radius 1 is 0.761 bits per heavy atom. The number of aryl methyl sites for hydroxylation is 2. The largest absolute Gasteiger partial charge is 0.506 e. The van der Waals surface area contributed by atoms with Crippen LogP contribution in [0.3, 0.4) is 0 Å². The number of halogens is 2. The topological polar surface area (TPSA) is 113 Å². The van der Waals surface area contributed by atoms with Gasteiger partial charge in [0.05, 0.1) is 22.4 Å².